The van der Waals surface area contributed by atoms with E-state index < -0.39 is 0 Å². The van der Waals surface area contributed by atoms with Gasteiger partial charge < -0.3 is 25.3 Å². The highest BCUT2D eigenvalue weighted by molar-refractivity contribution is 6.32. The van der Waals surface area contributed by atoms with Gasteiger partial charge in [0.25, 0.3) is 0 Å². The summed E-state index contributed by atoms with van der Waals surface area (Å²) < 4.78 is 17.1. The van der Waals surface area contributed by atoms with E-state index in [1.807, 2.05) is 25.3 Å². The molecular weight excluding hydrogens is 514 g/mol. The minimum absolute atomic E-state index is 0.349. The smallest absolute Gasteiger partial charge is 0.144 e. The Morgan fingerprint density at radius 1 is 1.13 bits per heavy atom. The van der Waals surface area contributed by atoms with Crippen molar-refractivity contribution in [1.82, 2.24) is 9.97 Å². The molecule has 0 amide bonds. The lowest BCUT2D eigenvalue weighted by Crippen LogP contribution is -2.15. The van der Waals surface area contributed by atoms with E-state index in [1.165, 1.54) is 0 Å². The normalized spacial score (nSPS) is 13.7. The third-order valence-corrected chi connectivity index (χ3v) is 7.09. The summed E-state index contributed by atoms with van der Waals surface area (Å²) in [6.07, 6.45) is 3.87. The maximum absolute atomic E-state index is 9.87. The first kappa shape index (κ1) is 26.5. The number of pyridine rings is 2. The number of nitrogens with one attached hydrogen (secondary N) is 1. The molecule has 0 spiro atoms. The lowest BCUT2D eigenvalue weighted by molar-refractivity contribution is 0.0845. The number of aromatic nitrogens is 2. The summed E-state index contributed by atoms with van der Waals surface area (Å²) in [6, 6.07) is 15.4. The van der Waals surface area contributed by atoms with Gasteiger partial charge in [0.15, 0.2) is 0 Å². The third kappa shape index (κ3) is 5.85. The highest BCUT2D eigenvalue weighted by Gasteiger charge is 2.18. The maximum Gasteiger partial charge on any atom is 0.144 e. The summed E-state index contributed by atoms with van der Waals surface area (Å²) >= 11 is 6.59. The fourth-order valence-electron chi connectivity index (χ4n) is 4.74. The summed E-state index contributed by atoms with van der Waals surface area (Å²) in [7, 11) is 0. The average molecular weight is 544 g/mol. The Hall–Kier alpha value is -4.06. The number of benzene rings is 2. The van der Waals surface area contributed by atoms with Gasteiger partial charge in [0.2, 0.25) is 0 Å². The number of nitrogen functional groups attached to an aromatic ring is 1. The van der Waals surface area contributed by atoms with E-state index in [0.717, 1.165) is 37.3 Å². The van der Waals surface area contributed by atoms with Crippen LogP contribution in [0.25, 0.3) is 10.9 Å². The number of hydrogen-bond acceptors (Lipinski definition) is 8. The van der Waals surface area contributed by atoms with E-state index in [1.54, 1.807) is 31.2 Å². The highest BCUT2D eigenvalue weighted by atomic mass is 35.5. The van der Waals surface area contributed by atoms with Crippen molar-refractivity contribution in [2.24, 2.45) is 0 Å². The molecule has 4 aromatic rings. The van der Waals surface area contributed by atoms with E-state index in [-0.39, 0.29) is 0 Å². The van der Waals surface area contributed by atoms with Gasteiger partial charge in [-0.05, 0) is 57.0 Å². The average Bonchev–Trinajstić information content (AvgIpc) is 2.94. The maximum atomic E-state index is 9.87. The van der Waals surface area contributed by atoms with Crippen molar-refractivity contribution in [2.75, 3.05) is 30.9 Å². The Morgan fingerprint density at radius 3 is 2.64 bits per heavy atom. The summed E-state index contributed by atoms with van der Waals surface area (Å²) in [4.78, 5) is 9.24. The van der Waals surface area contributed by atoms with Gasteiger partial charge in [0.05, 0.1) is 39.8 Å². The topological polar surface area (TPSA) is 115 Å². The van der Waals surface area contributed by atoms with Crippen molar-refractivity contribution in [1.29, 1.82) is 5.26 Å². The Bertz CT molecular complexity index is 1530. The Balaban J connectivity index is 1.33. The molecule has 0 bridgehead atoms. The quantitative estimate of drug-likeness (QED) is 0.237. The van der Waals surface area contributed by atoms with Crippen molar-refractivity contribution in [3.05, 3.63) is 76.2 Å². The van der Waals surface area contributed by atoms with Crippen molar-refractivity contribution in [3.63, 3.8) is 0 Å². The molecule has 2 aromatic heterocycles. The number of nitrogens with zero attached hydrogens (tertiary/aromatic N) is 3. The zero-order valence-electron chi connectivity index (χ0n) is 22.0. The van der Waals surface area contributed by atoms with Crippen LogP contribution in [0, 0.1) is 18.3 Å². The number of nitriles is 1. The molecule has 0 saturated carbocycles. The van der Waals surface area contributed by atoms with Crippen molar-refractivity contribution >= 4 is 39.6 Å². The van der Waals surface area contributed by atoms with Gasteiger partial charge in [-0.25, -0.2) is 0 Å². The molecule has 8 nitrogen and oxygen atoms in total. The van der Waals surface area contributed by atoms with Gasteiger partial charge in [-0.2, -0.15) is 5.26 Å². The highest BCUT2D eigenvalue weighted by Crippen LogP contribution is 2.37. The molecule has 1 aliphatic heterocycles. The first-order valence-electron chi connectivity index (χ1n) is 13.0. The van der Waals surface area contributed by atoms with Gasteiger partial charge in [-0.15, -0.1) is 0 Å². The van der Waals surface area contributed by atoms with Crippen LogP contribution in [0.3, 0.4) is 0 Å². The molecule has 39 heavy (non-hydrogen) atoms. The summed E-state index contributed by atoms with van der Waals surface area (Å²) in [5.74, 6) is 1.57. The molecule has 200 valence electrons. The van der Waals surface area contributed by atoms with E-state index in [9.17, 15) is 5.26 Å². The van der Waals surface area contributed by atoms with Gasteiger partial charge >= 0.3 is 0 Å². The Kier molecular flexibility index (Phi) is 8.01. The lowest BCUT2D eigenvalue weighted by atomic mass is 9.96. The number of ether oxygens (including phenoxy) is 3. The van der Waals surface area contributed by atoms with Crippen LogP contribution in [0.2, 0.25) is 5.02 Å². The molecular formula is C30H30ClN5O3. The third-order valence-electron chi connectivity index (χ3n) is 6.79. The van der Waals surface area contributed by atoms with Crippen LogP contribution in [-0.4, -0.2) is 29.8 Å². The second kappa shape index (κ2) is 11.8. The van der Waals surface area contributed by atoms with Crippen LogP contribution in [0.4, 0.5) is 17.1 Å². The molecule has 0 atom stereocenters. The van der Waals surface area contributed by atoms with E-state index >= 15 is 0 Å². The fraction of sp³-hybridized carbons (Fsp3) is 0.300. The molecule has 0 radical (unpaired) electrons. The van der Waals surface area contributed by atoms with Crippen molar-refractivity contribution in [3.8, 4) is 17.6 Å². The zero-order chi connectivity index (χ0) is 27.4. The number of halogens is 1. The van der Waals surface area contributed by atoms with Gasteiger partial charge in [-0.1, -0.05) is 17.7 Å². The largest absolute Gasteiger partial charge is 0.492 e. The molecule has 0 unspecified atom stereocenters. The van der Waals surface area contributed by atoms with Crippen LogP contribution in [0.15, 0.2) is 48.7 Å². The van der Waals surface area contributed by atoms with Gasteiger partial charge in [-0.3, -0.25) is 9.97 Å². The molecule has 3 N–H and O–H groups in total. The molecule has 5 rings (SSSR count). The van der Waals surface area contributed by atoms with Crippen LogP contribution in [0.5, 0.6) is 11.5 Å². The molecule has 2 aromatic carbocycles. The Morgan fingerprint density at radius 2 is 1.95 bits per heavy atom. The van der Waals surface area contributed by atoms with E-state index in [2.05, 4.69) is 27.4 Å². The number of rotatable bonds is 8. The van der Waals surface area contributed by atoms with E-state index in [4.69, 9.17) is 31.5 Å². The molecule has 3 heterocycles. The molecule has 9 heteroatoms. The number of anilines is 3. The SMILES string of the molecule is CCOc1cc2nc(C)c(C#N)c(Nc3ccc(OCc4ccc(C5CCOCC5)nc4)c(Cl)c3)c2cc1N. The first-order chi connectivity index (χ1) is 19.0. The number of hydrogen-bond donors (Lipinski definition) is 2. The van der Waals surface area contributed by atoms with Crippen LogP contribution in [0.1, 0.15) is 48.2 Å². The molecule has 1 saturated heterocycles. The zero-order valence-corrected chi connectivity index (χ0v) is 22.7. The second-order valence-electron chi connectivity index (χ2n) is 9.44. The van der Waals surface area contributed by atoms with Gasteiger partial charge in [0, 0.05) is 53.7 Å². The predicted octanol–water partition coefficient (Wildman–Crippen LogP) is 6.66. The van der Waals surface area contributed by atoms with Crippen LogP contribution in [-0.2, 0) is 11.3 Å². The number of nitrogens with two attached hydrogens (primary N) is 1. The molecule has 0 aliphatic carbocycles. The Labute approximate surface area is 232 Å². The van der Waals surface area contributed by atoms with Crippen molar-refractivity contribution < 1.29 is 14.2 Å². The monoisotopic (exact) mass is 543 g/mol. The van der Waals surface area contributed by atoms with Crippen molar-refractivity contribution in [2.45, 2.75) is 39.2 Å². The predicted molar refractivity (Wildman–Crippen MR) is 153 cm³/mol. The summed E-state index contributed by atoms with van der Waals surface area (Å²) in [5.41, 5.74) is 11.8. The first-order valence-corrected chi connectivity index (χ1v) is 13.3. The van der Waals surface area contributed by atoms with Gasteiger partial charge in [0.1, 0.15) is 24.2 Å². The summed E-state index contributed by atoms with van der Waals surface area (Å²) in [6.45, 7) is 6.11. The molecule has 1 aliphatic rings. The summed E-state index contributed by atoms with van der Waals surface area (Å²) in [5, 5.41) is 14.4. The second-order valence-corrected chi connectivity index (χ2v) is 9.84. The molecule has 1 fully saturated rings. The minimum atomic E-state index is 0.349. The van der Waals surface area contributed by atoms with E-state index in [0.29, 0.717) is 74.9 Å². The minimum Gasteiger partial charge on any atom is -0.492 e. The fourth-order valence-corrected chi connectivity index (χ4v) is 4.97. The number of fused-ring (bicyclic) bond motifs is 1. The van der Waals surface area contributed by atoms with Crippen LogP contribution < -0.4 is 20.5 Å². The van der Waals surface area contributed by atoms with Crippen LogP contribution >= 0.6 is 11.6 Å². The standard InChI is InChI=1S/C30H30ClN5O3/c1-3-38-29-14-27-22(13-25(29)33)30(23(15-32)18(2)35-27)36-21-5-7-28(24(31)12-21)39-17-19-4-6-26(34-16-19)20-8-10-37-11-9-20/h4-7,12-14,16,20H,3,8-11,17,33H2,1-2H3,(H,35,36). The lowest BCUT2D eigenvalue weighted by Gasteiger charge is -2.21. The number of aryl methyl sites for hydroxylation is 1.